The Hall–Kier alpha value is -2.16. The lowest BCUT2D eigenvalue weighted by molar-refractivity contribution is 0.578. The lowest BCUT2D eigenvalue weighted by Gasteiger charge is -2.10. The van der Waals surface area contributed by atoms with Crippen molar-refractivity contribution in [1.29, 1.82) is 0 Å². The van der Waals surface area contributed by atoms with Crippen LogP contribution in [0.15, 0.2) is 59.6 Å². The van der Waals surface area contributed by atoms with Gasteiger partial charge in [-0.3, -0.25) is 0 Å². The molecule has 3 rings (SSSR count). The number of nitrogens with one attached hydrogen (secondary N) is 1. The van der Waals surface area contributed by atoms with Crippen LogP contribution in [0.5, 0.6) is 0 Å². The van der Waals surface area contributed by atoms with Gasteiger partial charge in [0.25, 0.3) is 10.0 Å². The van der Waals surface area contributed by atoms with Crippen molar-refractivity contribution in [1.82, 2.24) is 8.69 Å². The molecule has 0 fully saturated rings. The van der Waals surface area contributed by atoms with E-state index in [4.69, 9.17) is 0 Å². The van der Waals surface area contributed by atoms with Gasteiger partial charge in [-0.05, 0) is 49.6 Å². The van der Waals surface area contributed by atoms with E-state index in [1.54, 1.807) is 42.6 Å². The second-order valence-electron chi connectivity index (χ2n) is 7.14. The molecule has 1 N–H and O–H groups in total. The van der Waals surface area contributed by atoms with Crippen LogP contribution in [0.3, 0.4) is 0 Å². The largest absolute Gasteiger partial charge is 0.268 e. The van der Waals surface area contributed by atoms with E-state index in [2.05, 4.69) is 4.72 Å². The van der Waals surface area contributed by atoms with Crippen molar-refractivity contribution < 1.29 is 16.8 Å². The first-order valence-corrected chi connectivity index (χ1v) is 12.7. The van der Waals surface area contributed by atoms with Crippen LogP contribution in [0, 0.1) is 6.92 Å². The highest BCUT2D eigenvalue weighted by Gasteiger charge is 2.19. The molecule has 0 aliphatic heterocycles. The normalized spacial score (nSPS) is 12.5. The number of unbranched alkanes of at least 4 members (excludes halogenated alkanes) is 1. The molecule has 29 heavy (non-hydrogen) atoms. The van der Waals surface area contributed by atoms with E-state index in [0.29, 0.717) is 18.4 Å². The Morgan fingerprint density at radius 2 is 1.69 bits per heavy atom. The van der Waals surface area contributed by atoms with Gasteiger partial charge in [-0.25, -0.2) is 25.5 Å². The predicted molar refractivity (Wildman–Crippen MR) is 116 cm³/mol. The van der Waals surface area contributed by atoms with E-state index in [0.717, 1.165) is 22.9 Å². The number of aryl methyl sites for hydroxylation is 1. The third kappa shape index (κ3) is 5.07. The molecule has 2 aromatic carbocycles. The number of sulfonamides is 1. The Bertz CT molecular complexity index is 1200. The molecule has 156 valence electrons. The summed E-state index contributed by atoms with van der Waals surface area (Å²) in [5.74, 6) is 0.125. The van der Waals surface area contributed by atoms with Gasteiger partial charge in [0.1, 0.15) is 0 Å². The van der Waals surface area contributed by atoms with E-state index in [-0.39, 0.29) is 17.2 Å². The van der Waals surface area contributed by atoms with Crippen molar-refractivity contribution in [2.24, 2.45) is 0 Å². The van der Waals surface area contributed by atoms with Crippen molar-refractivity contribution in [3.8, 4) is 0 Å². The molecule has 0 aliphatic rings. The maximum atomic E-state index is 13.0. The van der Waals surface area contributed by atoms with Crippen LogP contribution in [0.25, 0.3) is 10.9 Å². The number of aromatic nitrogens is 1. The zero-order valence-corrected chi connectivity index (χ0v) is 18.3. The molecule has 0 spiro atoms. The fourth-order valence-electron chi connectivity index (χ4n) is 3.10. The molecule has 6 nitrogen and oxygen atoms in total. The highest BCUT2D eigenvalue weighted by Crippen LogP contribution is 2.23. The monoisotopic (exact) mass is 434 g/mol. The fourth-order valence-corrected chi connectivity index (χ4v) is 5.67. The van der Waals surface area contributed by atoms with Gasteiger partial charge in [0, 0.05) is 18.1 Å². The van der Waals surface area contributed by atoms with Crippen molar-refractivity contribution in [2.45, 2.75) is 38.0 Å². The Balaban J connectivity index is 1.82. The summed E-state index contributed by atoms with van der Waals surface area (Å²) in [7, 11) is -6.97. The van der Waals surface area contributed by atoms with Gasteiger partial charge in [-0.15, -0.1) is 0 Å². The second-order valence-corrected chi connectivity index (χ2v) is 10.9. The quantitative estimate of drug-likeness (QED) is 0.559. The van der Waals surface area contributed by atoms with Crippen molar-refractivity contribution in [3.05, 3.63) is 65.9 Å². The van der Waals surface area contributed by atoms with Gasteiger partial charge in [-0.1, -0.05) is 43.2 Å². The summed E-state index contributed by atoms with van der Waals surface area (Å²) in [5.41, 5.74) is 2.44. The molecule has 0 bridgehead atoms. The number of hydrogen-bond acceptors (Lipinski definition) is 4. The van der Waals surface area contributed by atoms with Crippen LogP contribution in [0.1, 0.15) is 30.9 Å². The molecule has 0 aliphatic carbocycles. The summed E-state index contributed by atoms with van der Waals surface area (Å²) in [6.45, 7) is 4.14. The first-order chi connectivity index (χ1) is 13.7. The molecule has 0 radical (unpaired) electrons. The number of rotatable bonds is 9. The molecular formula is C21H26N2O4S2. The number of nitrogens with zero attached hydrogens (tertiary/aromatic N) is 1. The summed E-state index contributed by atoms with van der Waals surface area (Å²) in [6, 6.07) is 14.1. The zero-order valence-electron chi connectivity index (χ0n) is 16.6. The highest BCUT2D eigenvalue weighted by atomic mass is 32.2. The average Bonchev–Trinajstić information content (AvgIpc) is 3.11. The molecule has 0 saturated heterocycles. The summed E-state index contributed by atoms with van der Waals surface area (Å²) in [4.78, 5) is 0.231. The smallest absolute Gasteiger partial charge is 0.241 e. The highest BCUT2D eigenvalue weighted by molar-refractivity contribution is 7.90. The molecule has 0 atom stereocenters. The number of benzene rings is 2. The SMILES string of the molecule is CCCCS(=O)(=O)NCCc1ccc2ccn(S(=O)(=O)c3ccc(C)cc3)c2c1. The van der Waals surface area contributed by atoms with Crippen molar-refractivity contribution >= 4 is 30.9 Å². The van der Waals surface area contributed by atoms with Gasteiger partial charge >= 0.3 is 0 Å². The van der Waals surface area contributed by atoms with E-state index in [1.165, 1.54) is 3.97 Å². The Morgan fingerprint density at radius 1 is 0.966 bits per heavy atom. The van der Waals surface area contributed by atoms with E-state index in [1.807, 2.05) is 26.0 Å². The van der Waals surface area contributed by atoms with Gasteiger partial charge in [0.05, 0.1) is 16.2 Å². The van der Waals surface area contributed by atoms with Crippen LogP contribution in [0.2, 0.25) is 0 Å². The van der Waals surface area contributed by atoms with Crippen LogP contribution >= 0.6 is 0 Å². The minimum absolute atomic E-state index is 0.125. The lowest BCUT2D eigenvalue weighted by atomic mass is 10.1. The van der Waals surface area contributed by atoms with Crippen molar-refractivity contribution in [2.75, 3.05) is 12.3 Å². The van der Waals surface area contributed by atoms with E-state index < -0.39 is 20.0 Å². The van der Waals surface area contributed by atoms with Gasteiger partial charge in [-0.2, -0.15) is 0 Å². The van der Waals surface area contributed by atoms with Gasteiger partial charge < -0.3 is 0 Å². The average molecular weight is 435 g/mol. The maximum absolute atomic E-state index is 13.0. The topological polar surface area (TPSA) is 85.2 Å². The summed E-state index contributed by atoms with van der Waals surface area (Å²) in [5, 5.41) is 0.813. The Kier molecular flexibility index (Phi) is 6.45. The predicted octanol–water partition coefficient (Wildman–Crippen LogP) is 3.45. The van der Waals surface area contributed by atoms with Crippen molar-refractivity contribution in [3.63, 3.8) is 0 Å². The first-order valence-electron chi connectivity index (χ1n) is 9.62. The molecule has 0 amide bonds. The Morgan fingerprint density at radius 3 is 2.38 bits per heavy atom. The molecule has 0 saturated carbocycles. The summed E-state index contributed by atoms with van der Waals surface area (Å²) < 4.78 is 53.8. The van der Waals surface area contributed by atoms with Crippen LogP contribution < -0.4 is 4.72 Å². The second kappa shape index (κ2) is 8.69. The fraction of sp³-hybridized carbons (Fsp3) is 0.333. The number of hydrogen-bond donors (Lipinski definition) is 1. The summed E-state index contributed by atoms with van der Waals surface area (Å²) >= 11 is 0. The van der Waals surface area contributed by atoms with E-state index in [9.17, 15) is 16.8 Å². The van der Waals surface area contributed by atoms with Gasteiger partial charge in [0.2, 0.25) is 10.0 Å². The molecule has 1 aromatic heterocycles. The molecule has 8 heteroatoms. The van der Waals surface area contributed by atoms with Crippen LogP contribution in [-0.4, -0.2) is 33.1 Å². The first kappa shape index (κ1) is 21.5. The lowest BCUT2D eigenvalue weighted by Crippen LogP contribution is -2.28. The maximum Gasteiger partial charge on any atom is 0.268 e. The molecule has 0 unspecified atom stereocenters. The zero-order chi connectivity index (χ0) is 21.1. The molecule has 3 aromatic rings. The molecule has 1 heterocycles. The minimum Gasteiger partial charge on any atom is -0.241 e. The van der Waals surface area contributed by atoms with Crippen LogP contribution in [0.4, 0.5) is 0 Å². The standard InChI is InChI=1S/C21H26N2O4S2/c1-3-4-15-28(24,25)22-13-11-18-7-8-19-12-14-23(21(19)16-18)29(26,27)20-9-5-17(2)6-10-20/h5-10,12,14,16,22H,3-4,11,13,15H2,1-2H3. The number of fused-ring (bicyclic) bond motifs is 1. The minimum atomic E-state index is -3.70. The van der Waals surface area contributed by atoms with Crippen LogP contribution in [-0.2, 0) is 26.5 Å². The molecular weight excluding hydrogens is 408 g/mol. The third-order valence-electron chi connectivity index (χ3n) is 4.80. The van der Waals surface area contributed by atoms with E-state index >= 15 is 0 Å². The van der Waals surface area contributed by atoms with Gasteiger partial charge in [0.15, 0.2) is 0 Å². The Labute approximate surface area is 172 Å². The summed E-state index contributed by atoms with van der Waals surface area (Å²) in [6.07, 6.45) is 3.49. The third-order valence-corrected chi connectivity index (χ3v) is 7.98.